The lowest BCUT2D eigenvalue weighted by Gasteiger charge is -2.24. The predicted octanol–water partition coefficient (Wildman–Crippen LogP) is 1.32. The van der Waals surface area contributed by atoms with Crippen LogP contribution in [-0.2, 0) is 18.3 Å². The molecule has 0 spiro atoms. The molecule has 2 atom stereocenters. The van der Waals surface area contributed by atoms with Gasteiger partial charge in [0, 0.05) is 44.5 Å². The molecule has 6 heteroatoms. The number of ether oxygens (including phenoxy) is 1. The molecule has 126 valence electrons. The number of methoxy groups -OCH3 is 1. The zero-order valence-electron chi connectivity index (χ0n) is 14.0. The summed E-state index contributed by atoms with van der Waals surface area (Å²) in [5.74, 6) is 1.12. The Bertz CT molecular complexity index is 770. The predicted molar refractivity (Wildman–Crippen MR) is 91.4 cm³/mol. The third-order valence-electron chi connectivity index (χ3n) is 5.08. The van der Waals surface area contributed by atoms with E-state index < -0.39 is 0 Å². The average molecular weight is 326 g/mol. The van der Waals surface area contributed by atoms with Crippen molar-refractivity contribution >= 4 is 11.6 Å². The molecule has 6 nitrogen and oxygen atoms in total. The number of aromatic nitrogens is 2. The van der Waals surface area contributed by atoms with Gasteiger partial charge >= 0.3 is 0 Å². The van der Waals surface area contributed by atoms with Crippen molar-refractivity contribution in [2.75, 3.05) is 31.6 Å². The first-order valence-electron chi connectivity index (χ1n) is 8.34. The van der Waals surface area contributed by atoms with Crippen LogP contribution in [0, 0.1) is 5.92 Å². The van der Waals surface area contributed by atoms with Gasteiger partial charge in [0.25, 0.3) is 0 Å². The van der Waals surface area contributed by atoms with E-state index in [2.05, 4.69) is 10.3 Å². The molecule has 24 heavy (non-hydrogen) atoms. The molecule has 0 unspecified atom stereocenters. The number of rotatable bonds is 3. The quantitative estimate of drug-likeness (QED) is 0.924. The van der Waals surface area contributed by atoms with Gasteiger partial charge in [-0.3, -0.25) is 4.79 Å². The monoisotopic (exact) mass is 326 g/mol. The summed E-state index contributed by atoms with van der Waals surface area (Å²) in [6, 6.07) is 5.95. The van der Waals surface area contributed by atoms with Gasteiger partial charge in [-0.2, -0.15) is 0 Å². The Morgan fingerprint density at radius 2 is 2.25 bits per heavy atom. The molecule has 1 amide bonds. The van der Waals surface area contributed by atoms with Crippen molar-refractivity contribution in [1.82, 2.24) is 14.9 Å². The number of amides is 1. The van der Waals surface area contributed by atoms with Gasteiger partial charge in [-0.1, -0.05) is 0 Å². The highest BCUT2D eigenvalue weighted by atomic mass is 16.5. The van der Waals surface area contributed by atoms with Crippen LogP contribution in [0.1, 0.15) is 17.2 Å². The number of hydrogen-bond acceptors (Lipinski definition) is 4. The first kappa shape index (κ1) is 15.2. The normalized spacial score (nSPS) is 22.7. The topological polar surface area (TPSA) is 59.4 Å². The summed E-state index contributed by atoms with van der Waals surface area (Å²) < 4.78 is 7.23. The van der Waals surface area contributed by atoms with Crippen molar-refractivity contribution in [3.05, 3.63) is 42.0 Å². The summed E-state index contributed by atoms with van der Waals surface area (Å²) in [4.78, 5) is 19.6. The third kappa shape index (κ3) is 2.47. The van der Waals surface area contributed by atoms with Crippen LogP contribution in [0.5, 0.6) is 5.75 Å². The van der Waals surface area contributed by atoms with Gasteiger partial charge in [-0.05, 0) is 30.2 Å². The van der Waals surface area contributed by atoms with Crippen molar-refractivity contribution in [2.45, 2.75) is 12.3 Å². The van der Waals surface area contributed by atoms with Crippen LogP contribution in [-0.4, -0.2) is 42.2 Å². The van der Waals surface area contributed by atoms with E-state index in [-0.39, 0.29) is 17.7 Å². The zero-order valence-corrected chi connectivity index (χ0v) is 14.0. The first-order valence-corrected chi connectivity index (χ1v) is 8.34. The number of fused-ring (bicyclic) bond motifs is 1. The lowest BCUT2D eigenvalue weighted by molar-refractivity contribution is -0.122. The molecule has 1 aromatic heterocycles. The number of imidazole rings is 1. The fourth-order valence-corrected chi connectivity index (χ4v) is 3.81. The molecular weight excluding hydrogens is 304 g/mol. The van der Waals surface area contributed by atoms with Crippen LogP contribution < -0.4 is 15.0 Å². The Labute approximate surface area is 141 Å². The summed E-state index contributed by atoms with van der Waals surface area (Å²) in [5, 5.41) is 3.36. The van der Waals surface area contributed by atoms with Crippen molar-refractivity contribution in [1.29, 1.82) is 0 Å². The van der Waals surface area contributed by atoms with Crippen molar-refractivity contribution < 1.29 is 9.53 Å². The molecule has 2 aliphatic heterocycles. The lowest BCUT2D eigenvalue weighted by atomic mass is 9.92. The molecule has 1 fully saturated rings. The Morgan fingerprint density at radius 3 is 3.00 bits per heavy atom. The summed E-state index contributed by atoms with van der Waals surface area (Å²) in [7, 11) is 3.63. The second kappa shape index (κ2) is 5.94. The van der Waals surface area contributed by atoms with Crippen molar-refractivity contribution in [2.24, 2.45) is 13.0 Å². The zero-order chi connectivity index (χ0) is 16.7. The minimum absolute atomic E-state index is 0.0621. The maximum Gasteiger partial charge on any atom is 0.232 e. The van der Waals surface area contributed by atoms with E-state index in [1.807, 2.05) is 40.9 Å². The Kier molecular flexibility index (Phi) is 3.76. The highest BCUT2D eigenvalue weighted by molar-refractivity contribution is 5.98. The van der Waals surface area contributed by atoms with E-state index in [1.54, 1.807) is 13.4 Å². The molecule has 0 bridgehead atoms. The number of benzene rings is 1. The molecule has 1 saturated heterocycles. The van der Waals surface area contributed by atoms with Gasteiger partial charge in [0.2, 0.25) is 5.91 Å². The van der Waals surface area contributed by atoms with Crippen molar-refractivity contribution in [3.63, 3.8) is 0 Å². The van der Waals surface area contributed by atoms with Gasteiger partial charge < -0.3 is 19.5 Å². The van der Waals surface area contributed by atoms with Crippen LogP contribution in [0.15, 0.2) is 30.7 Å². The third-order valence-corrected chi connectivity index (χ3v) is 5.08. The van der Waals surface area contributed by atoms with E-state index in [0.29, 0.717) is 6.54 Å². The summed E-state index contributed by atoms with van der Waals surface area (Å²) in [6.45, 7) is 2.26. The number of nitrogens with one attached hydrogen (secondary N) is 1. The van der Waals surface area contributed by atoms with Gasteiger partial charge in [0.15, 0.2) is 0 Å². The molecule has 0 radical (unpaired) electrons. The maximum atomic E-state index is 13.2. The molecule has 0 saturated carbocycles. The molecule has 1 aromatic carbocycles. The van der Waals surface area contributed by atoms with E-state index >= 15 is 0 Å². The van der Waals surface area contributed by atoms with Crippen LogP contribution in [0.2, 0.25) is 0 Å². The number of anilines is 1. The van der Waals surface area contributed by atoms with Gasteiger partial charge in [0.1, 0.15) is 5.75 Å². The Hall–Kier alpha value is -2.34. The standard InChI is InChI=1S/C18H22N4O2/c1-21-10-16(20-11-21)14-8-19-9-15(14)18(23)22-6-5-12-7-13(24-2)3-4-17(12)22/h3-4,7,10-11,14-15,19H,5-6,8-9H2,1-2H3/t14-,15-/m1/s1. The van der Waals surface area contributed by atoms with E-state index in [0.717, 1.165) is 36.6 Å². The second-order valence-electron chi connectivity index (χ2n) is 6.57. The molecule has 3 heterocycles. The summed E-state index contributed by atoms with van der Waals surface area (Å²) >= 11 is 0. The highest BCUT2D eigenvalue weighted by Gasteiger charge is 2.39. The number of nitrogens with zero attached hydrogens (tertiary/aromatic N) is 3. The van der Waals surface area contributed by atoms with Gasteiger partial charge in [0.05, 0.1) is 25.0 Å². The first-order chi connectivity index (χ1) is 11.7. The maximum absolute atomic E-state index is 13.2. The van der Waals surface area contributed by atoms with E-state index in [1.165, 1.54) is 5.56 Å². The van der Waals surface area contributed by atoms with Crippen molar-refractivity contribution in [3.8, 4) is 5.75 Å². The molecule has 2 aromatic rings. The van der Waals surface area contributed by atoms with Crippen LogP contribution in [0.3, 0.4) is 0 Å². The fraction of sp³-hybridized carbons (Fsp3) is 0.444. The van der Waals surface area contributed by atoms with E-state index in [9.17, 15) is 4.79 Å². The number of carbonyl (C=O) groups excluding carboxylic acids is 1. The van der Waals surface area contributed by atoms with E-state index in [4.69, 9.17) is 4.74 Å². The largest absolute Gasteiger partial charge is 0.497 e. The average Bonchev–Trinajstić information content (AvgIpc) is 3.32. The molecule has 1 N–H and O–H groups in total. The van der Waals surface area contributed by atoms with Crippen LogP contribution in [0.25, 0.3) is 0 Å². The summed E-state index contributed by atoms with van der Waals surface area (Å²) in [5.41, 5.74) is 3.20. The number of carbonyl (C=O) groups is 1. The number of aryl methyl sites for hydroxylation is 1. The summed E-state index contributed by atoms with van der Waals surface area (Å²) in [6.07, 6.45) is 4.69. The molecule has 4 rings (SSSR count). The molecular formula is C18H22N4O2. The molecule has 0 aliphatic carbocycles. The van der Waals surface area contributed by atoms with Gasteiger partial charge in [-0.25, -0.2) is 4.98 Å². The van der Waals surface area contributed by atoms with Crippen LogP contribution >= 0.6 is 0 Å². The second-order valence-corrected chi connectivity index (χ2v) is 6.57. The SMILES string of the molecule is COc1ccc2c(c1)CCN2C(=O)[C@@H]1CNC[C@H]1c1cn(C)cn1. The smallest absolute Gasteiger partial charge is 0.232 e. The fourth-order valence-electron chi connectivity index (χ4n) is 3.81. The minimum Gasteiger partial charge on any atom is -0.497 e. The minimum atomic E-state index is -0.0621. The Balaban J connectivity index is 1.58. The molecule has 2 aliphatic rings. The number of hydrogen-bond donors (Lipinski definition) is 1. The van der Waals surface area contributed by atoms with Crippen LogP contribution in [0.4, 0.5) is 5.69 Å². The highest BCUT2D eigenvalue weighted by Crippen LogP contribution is 2.35. The van der Waals surface area contributed by atoms with Gasteiger partial charge in [-0.15, -0.1) is 0 Å². The Morgan fingerprint density at radius 1 is 1.38 bits per heavy atom. The lowest BCUT2D eigenvalue weighted by Crippen LogP contribution is -2.37.